The Balaban J connectivity index is 2.30. The number of hydrogen-bond donors (Lipinski definition) is 1. The van der Waals surface area contributed by atoms with Gasteiger partial charge in [0.15, 0.2) is 0 Å². The lowest BCUT2D eigenvalue weighted by molar-refractivity contribution is -0.122. The highest BCUT2D eigenvalue weighted by molar-refractivity contribution is 7.92. The van der Waals surface area contributed by atoms with Crippen molar-refractivity contribution in [2.75, 3.05) is 10.6 Å². The van der Waals surface area contributed by atoms with Gasteiger partial charge in [0.05, 0.1) is 18.0 Å². The number of halogens is 1. The number of nitrogens with zero attached hydrogens (tertiary/aromatic N) is 1. The highest BCUT2D eigenvalue weighted by Gasteiger charge is 2.30. The van der Waals surface area contributed by atoms with Gasteiger partial charge in [0.25, 0.3) is 0 Å². The van der Waals surface area contributed by atoms with Crippen molar-refractivity contribution in [1.29, 1.82) is 0 Å². The smallest absolute Gasteiger partial charge is 0.244 e. The summed E-state index contributed by atoms with van der Waals surface area (Å²) in [7, 11) is -3.79. The minimum atomic E-state index is -3.79. The van der Waals surface area contributed by atoms with Crippen LogP contribution in [-0.4, -0.2) is 26.6 Å². The van der Waals surface area contributed by atoms with Crippen molar-refractivity contribution in [3.05, 3.63) is 64.5 Å². The fourth-order valence-electron chi connectivity index (χ4n) is 3.28. The number of amides is 1. The Kier molecular flexibility index (Phi) is 6.49. The summed E-state index contributed by atoms with van der Waals surface area (Å²) < 4.78 is 39.1. The van der Waals surface area contributed by atoms with Crippen molar-refractivity contribution in [2.24, 2.45) is 0 Å². The normalized spacial score (nSPS) is 13.7. The topological polar surface area (TPSA) is 66.5 Å². The molecule has 28 heavy (non-hydrogen) atoms. The molecule has 2 aromatic rings. The number of hydrogen-bond acceptors (Lipinski definition) is 3. The van der Waals surface area contributed by atoms with E-state index in [-0.39, 0.29) is 11.7 Å². The summed E-state index contributed by atoms with van der Waals surface area (Å²) in [4.78, 5) is 12.8. The molecule has 2 atom stereocenters. The first kappa shape index (κ1) is 21.9. The highest BCUT2D eigenvalue weighted by Crippen LogP contribution is 2.24. The van der Waals surface area contributed by atoms with E-state index in [0.29, 0.717) is 0 Å². The van der Waals surface area contributed by atoms with Crippen LogP contribution in [0.5, 0.6) is 0 Å². The van der Waals surface area contributed by atoms with Gasteiger partial charge in [-0.2, -0.15) is 0 Å². The van der Waals surface area contributed by atoms with Gasteiger partial charge in [-0.05, 0) is 75.1 Å². The van der Waals surface area contributed by atoms with Crippen LogP contribution in [0.15, 0.2) is 36.4 Å². The molecule has 0 saturated heterocycles. The van der Waals surface area contributed by atoms with Crippen LogP contribution in [0.4, 0.5) is 10.1 Å². The van der Waals surface area contributed by atoms with E-state index in [9.17, 15) is 17.6 Å². The summed E-state index contributed by atoms with van der Waals surface area (Å²) in [6.07, 6.45) is 0.999. The molecule has 1 N–H and O–H groups in total. The average Bonchev–Trinajstić information content (AvgIpc) is 2.56. The van der Waals surface area contributed by atoms with Crippen molar-refractivity contribution >= 4 is 21.6 Å². The van der Waals surface area contributed by atoms with Crippen molar-refractivity contribution < 1.29 is 17.6 Å². The third-order valence-corrected chi connectivity index (χ3v) is 6.10. The molecule has 0 saturated carbocycles. The molecule has 0 heterocycles. The molecule has 0 fully saturated rings. The monoisotopic (exact) mass is 406 g/mol. The van der Waals surface area contributed by atoms with E-state index in [2.05, 4.69) is 11.4 Å². The molecule has 2 rings (SSSR count). The van der Waals surface area contributed by atoms with Crippen LogP contribution in [0.25, 0.3) is 0 Å². The van der Waals surface area contributed by atoms with Gasteiger partial charge in [-0.3, -0.25) is 9.10 Å². The number of rotatable bonds is 6. The van der Waals surface area contributed by atoms with Crippen molar-refractivity contribution in [2.45, 2.75) is 46.7 Å². The van der Waals surface area contributed by atoms with E-state index < -0.39 is 27.8 Å². The molecule has 0 aromatic heterocycles. The summed E-state index contributed by atoms with van der Waals surface area (Å²) in [6, 6.07) is 7.95. The molecule has 0 spiro atoms. The Hall–Kier alpha value is -2.41. The van der Waals surface area contributed by atoms with Crippen LogP contribution < -0.4 is 9.62 Å². The first-order valence-corrected chi connectivity index (χ1v) is 10.9. The molecule has 0 aliphatic carbocycles. The third-order valence-electron chi connectivity index (χ3n) is 4.86. The number of carbonyl (C=O) groups is 1. The van der Waals surface area contributed by atoms with Crippen molar-refractivity contribution in [3.8, 4) is 0 Å². The first-order chi connectivity index (χ1) is 12.9. The standard InChI is InChI=1S/C21H27FN2O3S/c1-13-10-15(3)20(11-14(13)2)16(4)23-21(25)17(5)24(28(6,26)27)19-9-7-8-18(22)12-19/h7-12,16-17H,1-6H3,(H,23,25)/t16-,17+/m1/s1. The molecule has 5 nitrogen and oxygen atoms in total. The number of carbonyl (C=O) groups excluding carboxylic acids is 1. The van der Waals surface area contributed by atoms with E-state index in [1.54, 1.807) is 0 Å². The van der Waals surface area contributed by atoms with E-state index >= 15 is 0 Å². The van der Waals surface area contributed by atoms with Gasteiger partial charge in [-0.15, -0.1) is 0 Å². The van der Waals surface area contributed by atoms with Crippen LogP contribution >= 0.6 is 0 Å². The first-order valence-electron chi connectivity index (χ1n) is 9.05. The summed E-state index contributed by atoms with van der Waals surface area (Å²) in [5, 5.41) is 2.88. The van der Waals surface area contributed by atoms with Gasteiger partial charge in [-0.25, -0.2) is 12.8 Å². The van der Waals surface area contributed by atoms with Gasteiger partial charge >= 0.3 is 0 Å². The largest absolute Gasteiger partial charge is 0.348 e. The maximum absolute atomic E-state index is 13.6. The fraction of sp³-hybridized carbons (Fsp3) is 0.381. The Labute approximate surface area is 166 Å². The lowest BCUT2D eigenvalue weighted by Crippen LogP contribution is -2.48. The quantitative estimate of drug-likeness (QED) is 0.794. The number of anilines is 1. The minimum Gasteiger partial charge on any atom is -0.348 e. The van der Waals surface area contributed by atoms with Crippen molar-refractivity contribution in [1.82, 2.24) is 5.32 Å². The molecule has 0 bridgehead atoms. The Morgan fingerprint density at radius 3 is 2.21 bits per heavy atom. The van der Waals surface area contributed by atoms with E-state index in [0.717, 1.165) is 33.3 Å². The third kappa shape index (κ3) is 4.90. The van der Waals surface area contributed by atoms with Crippen molar-refractivity contribution in [3.63, 3.8) is 0 Å². The van der Waals surface area contributed by atoms with Gasteiger partial charge < -0.3 is 5.32 Å². The average molecular weight is 407 g/mol. The van der Waals surface area contributed by atoms with E-state index in [1.165, 1.54) is 30.7 Å². The molecule has 0 aliphatic heterocycles. The van der Waals surface area contributed by atoms with Crippen LogP contribution in [0.1, 0.15) is 42.1 Å². The molecule has 2 aromatic carbocycles. The predicted molar refractivity (Wildman–Crippen MR) is 110 cm³/mol. The van der Waals surface area contributed by atoms with E-state index in [4.69, 9.17) is 0 Å². The second-order valence-electron chi connectivity index (χ2n) is 7.24. The summed E-state index contributed by atoms with van der Waals surface area (Å²) in [6.45, 7) is 9.35. The maximum Gasteiger partial charge on any atom is 0.244 e. The van der Waals surface area contributed by atoms with Gasteiger partial charge in [0.2, 0.25) is 15.9 Å². The Bertz CT molecular complexity index is 989. The number of nitrogens with one attached hydrogen (secondary N) is 1. The zero-order chi connectivity index (χ0) is 21.2. The molecule has 0 unspecified atom stereocenters. The molecular formula is C21H27FN2O3S. The molecule has 152 valence electrons. The molecule has 7 heteroatoms. The number of sulfonamides is 1. The molecular weight excluding hydrogens is 379 g/mol. The van der Waals surface area contributed by atoms with Gasteiger partial charge in [0, 0.05) is 0 Å². The molecule has 1 amide bonds. The van der Waals surface area contributed by atoms with Crippen LogP contribution in [0.2, 0.25) is 0 Å². The summed E-state index contributed by atoms with van der Waals surface area (Å²) in [5.74, 6) is -1.03. The fourth-order valence-corrected chi connectivity index (χ4v) is 4.45. The predicted octanol–water partition coefficient (Wildman–Crippen LogP) is 3.78. The zero-order valence-electron chi connectivity index (χ0n) is 17.1. The van der Waals surface area contributed by atoms with Crippen LogP contribution in [-0.2, 0) is 14.8 Å². The summed E-state index contributed by atoms with van der Waals surface area (Å²) in [5.41, 5.74) is 4.42. The van der Waals surface area contributed by atoms with Gasteiger partial charge in [0.1, 0.15) is 11.9 Å². The minimum absolute atomic E-state index is 0.111. The SMILES string of the molecule is Cc1cc(C)c([C@@H](C)NC(=O)[C@H](C)N(c2cccc(F)c2)S(C)(=O)=O)cc1C. The second kappa shape index (κ2) is 8.31. The van der Waals surface area contributed by atoms with Crippen LogP contribution in [0.3, 0.4) is 0 Å². The zero-order valence-corrected chi connectivity index (χ0v) is 17.9. The van der Waals surface area contributed by atoms with Gasteiger partial charge in [-0.1, -0.05) is 18.2 Å². The summed E-state index contributed by atoms with van der Waals surface area (Å²) >= 11 is 0. The maximum atomic E-state index is 13.6. The lowest BCUT2D eigenvalue weighted by atomic mass is 9.96. The second-order valence-corrected chi connectivity index (χ2v) is 9.10. The number of aryl methyl sites for hydroxylation is 3. The number of benzene rings is 2. The Morgan fingerprint density at radius 2 is 1.64 bits per heavy atom. The van der Waals surface area contributed by atoms with E-state index in [1.807, 2.05) is 33.8 Å². The highest BCUT2D eigenvalue weighted by atomic mass is 32.2. The lowest BCUT2D eigenvalue weighted by Gasteiger charge is -2.29. The Morgan fingerprint density at radius 1 is 1.04 bits per heavy atom. The molecule has 0 radical (unpaired) electrons. The van der Waals surface area contributed by atoms with Crippen LogP contribution in [0, 0.1) is 26.6 Å². The molecule has 0 aliphatic rings.